The van der Waals surface area contributed by atoms with Gasteiger partial charge in [-0.2, -0.15) is 0 Å². The molecule has 128 valence electrons. The van der Waals surface area contributed by atoms with Crippen LogP contribution >= 0.6 is 35.0 Å². The Labute approximate surface area is 159 Å². The minimum atomic E-state index is -0.198. The SMILES string of the molecule is CCOc1ccc(/C=C2\SC(=Nc3cccc(Cl)c3Cl)NC2=O)cc1. The molecule has 4 nitrogen and oxygen atoms in total. The standard InChI is InChI=1S/C18H14Cl2N2O2S/c1-2-24-12-8-6-11(7-9-12)10-15-17(23)22-18(25-15)21-14-5-3-4-13(19)16(14)20/h3-10H,2H2,1H3,(H,21,22,23)/b15-10-. The minimum Gasteiger partial charge on any atom is -0.494 e. The second kappa shape index (κ2) is 7.95. The van der Waals surface area contributed by atoms with Crippen LogP contribution in [0.5, 0.6) is 5.75 Å². The summed E-state index contributed by atoms with van der Waals surface area (Å²) < 4.78 is 5.41. The first-order valence-electron chi connectivity index (χ1n) is 7.53. The van der Waals surface area contributed by atoms with Gasteiger partial charge in [0.05, 0.1) is 27.2 Å². The lowest BCUT2D eigenvalue weighted by molar-refractivity contribution is -0.115. The van der Waals surface area contributed by atoms with Crippen molar-refractivity contribution in [2.75, 3.05) is 6.61 Å². The Balaban J connectivity index is 1.80. The molecule has 0 atom stereocenters. The first-order chi connectivity index (χ1) is 12.1. The van der Waals surface area contributed by atoms with Crippen molar-refractivity contribution in [3.63, 3.8) is 0 Å². The number of aliphatic imine (C=N–C) groups is 1. The average Bonchev–Trinajstić information content (AvgIpc) is 2.93. The van der Waals surface area contributed by atoms with Crippen LogP contribution in [-0.2, 0) is 4.79 Å². The van der Waals surface area contributed by atoms with Gasteiger partial charge < -0.3 is 10.1 Å². The Morgan fingerprint density at radius 2 is 1.96 bits per heavy atom. The van der Waals surface area contributed by atoms with Gasteiger partial charge in [-0.05, 0) is 54.6 Å². The summed E-state index contributed by atoms with van der Waals surface area (Å²) in [5.74, 6) is 0.599. The number of nitrogens with zero attached hydrogens (tertiary/aromatic N) is 1. The zero-order valence-corrected chi connectivity index (χ0v) is 15.6. The third-order valence-electron chi connectivity index (χ3n) is 3.29. The summed E-state index contributed by atoms with van der Waals surface area (Å²) in [4.78, 5) is 17.1. The molecule has 0 bridgehead atoms. The van der Waals surface area contributed by atoms with Gasteiger partial charge >= 0.3 is 0 Å². The average molecular weight is 393 g/mol. The van der Waals surface area contributed by atoms with E-state index in [4.69, 9.17) is 27.9 Å². The highest BCUT2D eigenvalue weighted by Crippen LogP contribution is 2.34. The predicted molar refractivity (Wildman–Crippen MR) is 105 cm³/mol. The van der Waals surface area contributed by atoms with Crippen molar-refractivity contribution < 1.29 is 9.53 Å². The molecule has 1 N–H and O–H groups in total. The second-order valence-corrected chi connectivity index (χ2v) is 6.87. The fourth-order valence-electron chi connectivity index (χ4n) is 2.15. The number of benzene rings is 2. The number of carbonyl (C=O) groups is 1. The molecule has 0 saturated carbocycles. The van der Waals surface area contributed by atoms with Gasteiger partial charge in [0.15, 0.2) is 5.17 Å². The first-order valence-corrected chi connectivity index (χ1v) is 9.10. The van der Waals surface area contributed by atoms with Crippen molar-refractivity contribution in [3.05, 3.63) is 63.0 Å². The summed E-state index contributed by atoms with van der Waals surface area (Å²) in [6.45, 7) is 2.55. The fraction of sp³-hybridized carbons (Fsp3) is 0.111. The number of amides is 1. The summed E-state index contributed by atoms with van der Waals surface area (Å²) in [5.41, 5.74) is 1.42. The molecule has 25 heavy (non-hydrogen) atoms. The largest absolute Gasteiger partial charge is 0.494 e. The molecule has 2 aromatic rings. The number of ether oxygens (including phenoxy) is 1. The van der Waals surface area contributed by atoms with Gasteiger partial charge in [-0.25, -0.2) is 4.99 Å². The molecule has 1 saturated heterocycles. The zero-order chi connectivity index (χ0) is 17.8. The van der Waals surface area contributed by atoms with E-state index in [2.05, 4.69) is 10.3 Å². The van der Waals surface area contributed by atoms with Crippen molar-refractivity contribution in [3.8, 4) is 5.75 Å². The Bertz CT molecular complexity index is 864. The number of hydrogen-bond donors (Lipinski definition) is 1. The van der Waals surface area contributed by atoms with E-state index in [1.807, 2.05) is 31.2 Å². The van der Waals surface area contributed by atoms with Gasteiger partial charge in [0.25, 0.3) is 5.91 Å². The van der Waals surface area contributed by atoms with Gasteiger partial charge in [0, 0.05) is 0 Å². The zero-order valence-electron chi connectivity index (χ0n) is 13.3. The fourth-order valence-corrected chi connectivity index (χ4v) is 3.32. The number of thioether (sulfide) groups is 1. The monoisotopic (exact) mass is 392 g/mol. The lowest BCUT2D eigenvalue weighted by atomic mass is 10.2. The normalized spacial score (nSPS) is 17.2. The molecule has 7 heteroatoms. The summed E-state index contributed by atoms with van der Waals surface area (Å²) >= 11 is 13.4. The number of nitrogens with one attached hydrogen (secondary N) is 1. The maximum atomic E-state index is 12.1. The molecule has 0 radical (unpaired) electrons. The quantitative estimate of drug-likeness (QED) is 0.719. The van der Waals surface area contributed by atoms with E-state index in [9.17, 15) is 4.79 Å². The van der Waals surface area contributed by atoms with Crippen LogP contribution in [0.1, 0.15) is 12.5 Å². The first kappa shape index (κ1) is 17.9. The van der Waals surface area contributed by atoms with E-state index >= 15 is 0 Å². The smallest absolute Gasteiger partial charge is 0.264 e. The van der Waals surface area contributed by atoms with Crippen molar-refractivity contribution >= 4 is 57.8 Å². The van der Waals surface area contributed by atoms with Gasteiger partial charge in [-0.3, -0.25) is 4.79 Å². The summed E-state index contributed by atoms with van der Waals surface area (Å²) in [6, 6.07) is 12.7. The second-order valence-electron chi connectivity index (χ2n) is 5.06. The van der Waals surface area contributed by atoms with Crippen LogP contribution in [0.4, 0.5) is 5.69 Å². The maximum absolute atomic E-state index is 12.1. The van der Waals surface area contributed by atoms with Crippen LogP contribution in [0.25, 0.3) is 6.08 Å². The highest BCUT2D eigenvalue weighted by Gasteiger charge is 2.24. The Hall–Kier alpha value is -1.95. The van der Waals surface area contributed by atoms with Crippen molar-refractivity contribution in [1.29, 1.82) is 0 Å². The molecule has 2 aromatic carbocycles. The molecular weight excluding hydrogens is 379 g/mol. The van der Waals surface area contributed by atoms with E-state index < -0.39 is 0 Å². The van der Waals surface area contributed by atoms with Crippen molar-refractivity contribution in [2.24, 2.45) is 4.99 Å². The molecule has 1 fully saturated rings. The number of rotatable bonds is 4. The van der Waals surface area contributed by atoms with E-state index in [1.54, 1.807) is 24.3 Å². The summed E-state index contributed by atoms with van der Waals surface area (Å²) in [5, 5.41) is 3.97. The number of halogens is 2. The lowest BCUT2D eigenvalue weighted by Gasteiger charge is -2.02. The third kappa shape index (κ3) is 4.37. The molecule has 1 amide bonds. The Morgan fingerprint density at radius 3 is 2.68 bits per heavy atom. The van der Waals surface area contributed by atoms with Crippen LogP contribution in [0.15, 0.2) is 52.4 Å². The summed E-state index contributed by atoms with van der Waals surface area (Å²) in [7, 11) is 0. The number of amidine groups is 1. The molecule has 0 unspecified atom stereocenters. The molecule has 0 aliphatic carbocycles. The number of hydrogen-bond acceptors (Lipinski definition) is 4. The van der Waals surface area contributed by atoms with Crippen LogP contribution in [-0.4, -0.2) is 17.7 Å². The molecule has 1 aliphatic heterocycles. The van der Waals surface area contributed by atoms with Gasteiger partial charge in [0.2, 0.25) is 0 Å². The van der Waals surface area contributed by atoms with E-state index in [0.29, 0.717) is 32.4 Å². The van der Waals surface area contributed by atoms with Gasteiger partial charge in [-0.1, -0.05) is 41.4 Å². The van der Waals surface area contributed by atoms with Crippen molar-refractivity contribution in [1.82, 2.24) is 5.32 Å². The van der Waals surface area contributed by atoms with Crippen LogP contribution in [0, 0.1) is 0 Å². The Kier molecular flexibility index (Phi) is 5.68. The molecule has 3 rings (SSSR count). The predicted octanol–water partition coefficient (Wildman–Crippen LogP) is 5.28. The van der Waals surface area contributed by atoms with Crippen LogP contribution in [0.3, 0.4) is 0 Å². The molecule has 0 aromatic heterocycles. The van der Waals surface area contributed by atoms with E-state index in [0.717, 1.165) is 11.3 Å². The maximum Gasteiger partial charge on any atom is 0.264 e. The minimum absolute atomic E-state index is 0.198. The highest BCUT2D eigenvalue weighted by atomic mass is 35.5. The third-order valence-corrected chi connectivity index (χ3v) is 5.01. The summed E-state index contributed by atoms with van der Waals surface area (Å²) in [6.07, 6.45) is 1.80. The molecule has 1 heterocycles. The molecule has 1 aliphatic rings. The van der Waals surface area contributed by atoms with Crippen LogP contribution < -0.4 is 10.1 Å². The van der Waals surface area contributed by atoms with Crippen LogP contribution in [0.2, 0.25) is 10.0 Å². The lowest BCUT2D eigenvalue weighted by Crippen LogP contribution is -2.19. The Morgan fingerprint density at radius 1 is 1.20 bits per heavy atom. The number of carbonyl (C=O) groups excluding carboxylic acids is 1. The van der Waals surface area contributed by atoms with Gasteiger partial charge in [-0.15, -0.1) is 0 Å². The van der Waals surface area contributed by atoms with Gasteiger partial charge in [0.1, 0.15) is 5.75 Å². The molecule has 0 spiro atoms. The molecular formula is C18H14Cl2N2O2S. The highest BCUT2D eigenvalue weighted by molar-refractivity contribution is 8.18. The van der Waals surface area contributed by atoms with Crippen molar-refractivity contribution in [2.45, 2.75) is 6.92 Å². The van der Waals surface area contributed by atoms with E-state index in [1.165, 1.54) is 11.8 Å². The van der Waals surface area contributed by atoms with E-state index in [-0.39, 0.29) is 5.91 Å². The topological polar surface area (TPSA) is 50.7 Å².